The molecular weight excluding hydrogens is 352 g/mol. The van der Waals surface area contributed by atoms with E-state index in [0.29, 0.717) is 28.0 Å². The topological polar surface area (TPSA) is 63.6 Å². The van der Waals surface area contributed by atoms with Crippen LogP contribution in [0.4, 0.5) is 0 Å². The molecule has 0 spiro atoms. The molecule has 28 heavy (non-hydrogen) atoms. The Bertz CT molecular complexity index is 988. The number of carboxylic acid groups (broad SMARTS) is 1. The predicted molar refractivity (Wildman–Crippen MR) is 109 cm³/mol. The van der Waals surface area contributed by atoms with E-state index in [4.69, 9.17) is 4.74 Å². The van der Waals surface area contributed by atoms with Gasteiger partial charge in [0.2, 0.25) is 0 Å². The molecule has 4 nitrogen and oxygen atoms in total. The van der Waals surface area contributed by atoms with Crippen LogP contribution in [0.2, 0.25) is 0 Å². The van der Waals surface area contributed by atoms with E-state index in [0.717, 1.165) is 0 Å². The standard InChI is InChI=1S/C24H20O4/c1-28-20-14-12-18(13-15-20)22(25)16-21(17-8-4-2-5-9-17)23(24(26)27)19-10-6-3-7-11-19/h2-15H,16H2,1H3,(H,26,27)/b23-21+. The number of aliphatic carboxylic acids is 1. The number of allylic oxidation sites excluding steroid dienone is 1. The summed E-state index contributed by atoms with van der Waals surface area (Å²) in [5.41, 5.74) is 2.41. The number of hydrogen-bond acceptors (Lipinski definition) is 3. The first-order valence-corrected chi connectivity index (χ1v) is 8.84. The third kappa shape index (κ3) is 4.35. The third-order valence-electron chi connectivity index (χ3n) is 4.45. The van der Waals surface area contributed by atoms with E-state index in [1.54, 1.807) is 55.6 Å². The lowest BCUT2D eigenvalue weighted by Crippen LogP contribution is -2.08. The van der Waals surface area contributed by atoms with Crippen LogP contribution in [0.3, 0.4) is 0 Å². The van der Waals surface area contributed by atoms with Crippen LogP contribution in [-0.2, 0) is 4.79 Å². The van der Waals surface area contributed by atoms with Gasteiger partial charge in [0.15, 0.2) is 5.78 Å². The molecule has 0 atom stereocenters. The summed E-state index contributed by atoms with van der Waals surface area (Å²) in [5.74, 6) is -0.561. The van der Waals surface area contributed by atoms with Crippen LogP contribution < -0.4 is 4.74 Å². The second-order valence-corrected chi connectivity index (χ2v) is 6.22. The molecule has 0 aliphatic heterocycles. The molecule has 0 aliphatic rings. The van der Waals surface area contributed by atoms with Crippen molar-refractivity contribution in [2.24, 2.45) is 0 Å². The first kappa shape index (κ1) is 19.1. The van der Waals surface area contributed by atoms with Gasteiger partial charge in [0.1, 0.15) is 5.75 Å². The number of Topliss-reactive ketones (excluding diaryl/α,β-unsaturated/α-hetero) is 1. The molecule has 3 aromatic carbocycles. The summed E-state index contributed by atoms with van der Waals surface area (Å²) in [5, 5.41) is 9.92. The Hall–Kier alpha value is -3.66. The van der Waals surface area contributed by atoms with Crippen molar-refractivity contribution in [3.05, 3.63) is 102 Å². The van der Waals surface area contributed by atoms with E-state index in [1.165, 1.54) is 0 Å². The Labute approximate surface area is 163 Å². The van der Waals surface area contributed by atoms with Crippen molar-refractivity contribution in [3.8, 4) is 5.75 Å². The smallest absolute Gasteiger partial charge is 0.336 e. The van der Waals surface area contributed by atoms with Gasteiger partial charge in [-0.3, -0.25) is 4.79 Å². The van der Waals surface area contributed by atoms with Gasteiger partial charge in [0.25, 0.3) is 0 Å². The molecule has 0 aromatic heterocycles. The molecule has 0 fully saturated rings. The van der Waals surface area contributed by atoms with Crippen LogP contribution in [-0.4, -0.2) is 24.0 Å². The maximum absolute atomic E-state index is 12.9. The number of hydrogen-bond donors (Lipinski definition) is 1. The van der Waals surface area contributed by atoms with Gasteiger partial charge in [0.05, 0.1) is 12.7 Å². The molecule has 3 aromatic rings. The van der Waals surface area contributed by atoms with Gasteiger partial charge in [-0.05, 0) is 41.0 Å². The highest BCUT2D eigenvalue weighted by Gasteiger charge is 2.21. The number of carbonyl (C=O) groups is 2. The quantitative estimate of drug-likeness (QED) is 0.362. The number of benzene rings is 3. The maximum Gasteiger partial charge on any atom is 0.336 e. The average Bonchev–Trinajstić information content (AvgIpc) is 2.74. The van der Waals surface area contributed by atoms with Crippen molar-refractivity contribution in [1.82, 2.24) is 0 Å². The van der Waals surface area contributed by atoms with Crippen LogP contribution in [0.5, 0.6) is 5.75 Å². The van der Waals surface area contributed by atoms with Gasteiger partial charge < -0.3 is 9.84 Å². The number of carboxylic acids is 1. The molecule has 4 heteroatoms. The molecule has 0 radical (unpaired) electrons. The summed E-state index contributed by atoms with van der Waals surface area (Å²) >= 11 is 0. The van der Waals surface area contributed by atoms with Crippen LogP contribution >= 0.6 is 0 Å². The van der Waals surface area contributed by atoms with Gasteiger partial charge in [-0.2, -0.15) is 0 Å². The van der Waals surface area contributed by atoms with Crippen molar-refractivity contribution in [2.75, 3.05) is 7.11 Å². The summed E-state index contributed by atoms with van der Waals surface area (Å²) in [6.45, 7) is 0. The number of methoxy groups -OCH3 is 1. The summed E-state index contributed by atoms with van der Waals surface area (Å²) < 4.78 is 5.13. The molecule has 1 N–H and O–H groups in total. The lowest BCUT2D eigenvalue weighted by Gasteiger charge is -2.13. The van der Waals surface area contributed by atoms with E-state index in [9.17, 15) is 14.7 Å². The van der Waals surface area contributed by atoms with Gasteiger partial charge in [0, 0.05) is 12.0 Å². The Morgan fingerprint density at radius 2 is 1.29 bits per heavy atom. The molecule has 0 unspecified atom stereocenters. The second kappa shape index (κ2) is 8.82. The summed E-state index contributed by atoms with van der Waals surface area (Å²) in [6.07, 6.45) is -0.0210. The van der Waals surface area contributed by atoms with Gasteiger partial charge in [-0.15, -0.1) is 0 Å². The van der Waals surface area contributed by atoms with Crippen LogP contribution in [0.25, 0.3) is 11.1 Å². The average molecular weight is 372 g/mol. The Morgan fingerprint density at radius 1 is 0.750 bits per heavy atom. The van der Waals surface area contributed by atoms with E-state index in [-0.39, 0.29) is 17.8 Å². The summed E-state index contributed by atoms with van der Waals surface area (Å²) in [7, 11) is 1.56. The zero-order valence-electron chi connectivity index (χ0n) is 15.5. The maximum atomic E-state index is 12.9. The van der Waals surface area contributed by atoms with Crippen molar-refractivity contribution >= 4 is 22.9 Å². The normalized spacial score (nSPS) is 11.5. The molecular formula is C24H20O4. The molecule has 0 bridgehead atoms. The van der Waals surface area contributed by atoms with Crippen molar-refractivity contribution in [3.63, 3.8) is 0 Å². The van der Waals surface area contributed by atoms with Crippen LogP contribution in [0, 0.1) is 0 Å². The summed E-state index contributed by atoms with van der Waals surface area (Å²) in [4.78, 5) is 25.0. The van der Waals surface area contributed by atoms with Crippen molar-refractivity contribution < 1.29 is 19.4 Å². The minimum absolute atomic E-state index is 0.0210. The lowest BCUT2D eigenvalue weighted by atomic mass is 9.90. The highest BCUT2D eigenvalue weighted by Crippen LogP contribution is 2.31. The highest BCUT2D eigenvalue weighted by molar-refractivity contribution is 6.25. The van der Waals surface area contributed by atoms with Gasteiger partial charge >= 0.3 is 5.97 Å². The predicted octanol–water partition coefficient (Wildman–Crippen LogP) is 4.96. The first-order valence-electron chi connectivity index (χ1n) is 8.84. The molecule has 0 saturated heterocycles. The Balaban J connectivity index is 2.09. The first-order chi connectivity index (χ1) is 13.6. The number of ether oxygens (including phenoxy) is 1. The zero-order chi connectivity index (χ0) is 19.9. The minimum Gasteiger partial charge on any atom is -0.497 e. The van der Waals surface area contributed by atoms with E-state index in [2.05, 4.69) is 0 Å². The number of rotatable bonds is 7. The largest absolute Gasteiger partial charge is 0.497 e. The molecule has 0 aliphatic carbocycles. The SMILES string of the molecule is COc1ccc(C(=O)C/C(=C(\C(=O)O)c2ccccc2)c2ccccc2)cc1. The summed E-state index contributed by atoms with van der Waals surface area (Å²) in [6, 6.07) is 24.8. The van der Waals surface area contributed by atoms with Crippen molar-refractivity contribution in [2.45, 2.75) is 6.42 Å². The monoisotopic (exact) mass is 372 g/mol. The highest BCUT2D eigenvalue weighted by atomic mass is 16.5. The fourth-order valence-electron chi connectivity index (χ4n) is 3.05. The van der Waals surface area contributed by atoms with Gasteiger partial charge in [-0.25, -0.2) is 4.79 Å². The molecule has 0 amide bonds. The third-order valence-corrected chi connectivity index (χ3v) is 4.45. The van der Waals surface area contributed by atoms with E-state index >= 15 is 0 Å². The fraction of sp³-hybridized carbons (Fsp3) is 0.0833. The fourth-order valence-corrected chi connectivity index (χ4v) is 3.05. The number of ketones is 1. The Kier molecular flexibility index (Phi) is 6.02. The van der Waals surface area contributed by atoms with Crippen molar-refractivity contribution in [1.29, 1.82) is 0 Å². The minimum atomic E-state index is -1.06. The molecule has 0 heterocycles. The Morgan fingerprint density at radius 3 is 1.79 bits per heavy atom. The van der Waals surface area contributed by atoms with Crippen LogP contribution in [0.15, 0.2) is 84.9 Å². The lowest BCUT2D eigenvalue weighted by molar-refractivity contribution is -0.130. The second-order valence-electron chi connectivity index (χ2n) is 6.22. The molecule has 0 saturated carbocycles. The zero-order valence-corrected chi connectivity index (χ0v) is 15.5. The van der Waals surface area contributed by atoms with Gasteiger partial charge in [-0.1, -0.05) is 60.7 Å². The molecule has 140 valence electrons. The van der Waals surface area contributed by atoms with Crippen LogP contribution in [0.1, 0.15) is 27.9 Å². The number of carbonyl (C=O) groups excluding carboxylic acids is 1. The molecule has 3 rings (SSSR count). The van der Waals surface area contributed by atoms with E-state index in [1.807, 2.05) is 36.4 Å². The van der Waals surface area contributed by atoms with E-state index < -0.39 is 5.97 Å².